The smallest absolute Gasteiger partial charge is 0.176 e. The third kappa shape index (κ3) is 1.80. The molecule has 5 heteroatoms. The molecule has 118 valence electrons. The minimum atomic E-state index is -1.59. The lowest BCUT2D eigenvalue weighted by Gasteiger charge is -2.39. The molecule has 0 spiro atoms. The number of benzene rings is 1. The van der Waals surface area contributed by atoms with Crippen molar-refractivity contribution >= 4 is 22.4 Å². The Labute approximate surface area is 136 Å². The van der Waals surface area contributed by atoms with Gasteiger partial charge in [-0.1, -0.05) is 12.2 Å². The number of fused-ring (bicyclic) bond motifs is 5. The molecule has 4 rings (SSSR count). The Kier molecular flexibility index (Phi) is 3.17. The molecule has 23 heavy (non-hydrogen) atoms. The van der Waals surface area contributed by atoms with Crippen LogP contribution in [0, 0.1) is 17.8 Å². The van der Waals surface area contributed by atoms with Crippen LogP contribution in [0.2, 0.25) is 0 Å². The number of rotatable bonds is 3. The molecular weight excluding hydrogens is 312 g/mol. The minimum Gasteiger partial charge on any atom is -0.497 e. The fourth-order valence-corrected chi connectivity index (χ4v) is 6.23. The van der Waals surface area contributed by atoms with E-state index in [1.165, 1.54) is 12.2 Å². The highest BCUT2D eigenvalue weighted by Crippen LogP contribution is 2.57. The number of carbonyl (C=O) groups excluding carboxylic acids is 2. The second-order valence-corrected chi connectivity index (χ2v) is 7.89. The van der Waals surface area contributed by atoms with Crippen molar-refractivity contribution in [3.63, 3.8) is 0 Å². The van der Waals surface area contributed by atoms with Crippen LogP contribution in [0.25, 0.3) is 0 Å². The molecule has 0 N–H and O–H groups in total. The fourth-order valence-electron chi connectivity index (χ4n) is 4.23. The van der Waals surface area contributed by atoms with Crippen molar-refractivity contribution in [1.29, 1.82) is 0 Å². The van der Waals surface area contributed by atoms with Crippen molar-refractivity contribution in [2.24, 2.45) is 17.8 Å². The van der Waals surface area contributed by atoms with Gasteiger partial charge in [-0.3, -0.25) is 13.8 Å². The van der Waals surface area contributed by atoms with Crippen LogP contribution in [0.4, 0.5) is 0 Å². The van der Waals surface area contributed by atoms with E-state index in [0.717, 1.165) is 6.42 Å². The number of ether oxygens (including phenoxy) is 1. The monoisotopic (exact) mass is 328 g/mol. The predicted molar refractivity (Wildman–Crippen MR) is 85.5 cm³/mol. The van der Waals surface area contributed by atoms with E-state index < -0.39 is 21.5 Å². The largest absolute Gasteiger partial charge is 0.497 e. The number of hydrogen-bond acceptors (Lipinski definition) is 4. The average molecular weight is 328 g/mol. The quantitative estimate of drug-likeness (QED) is 0.797. The van der Waals surface area contributed by atoms with E-state index in [2.05, 4.69) is 0 Å². The van der Waals surface area contributed by atoms with Crippen LogP contribution < -0.4 is 4.74 Å². The third-order valence-corrected chi connectivity index (χ3v) is 7.30. The van der Waals surface area contributed by atoms with Crippen LogP contribution in [0.3, 0.4) is 0 Å². The molecule has 1 unspecified atom stereocenters. The van der Waals surface area contributed by atoms with Crippen molar-refractivity contribution in [3.05, 3.63) is 48.6 Å². The highest BCUT2D eigenvalue weighted by atomic mass is 32.2. The topological polar surface area (TPSA) is 60.4 Å². The van der Waals surface area contributed by atoms with Crippen LogP contribution in [0.5, 0.6) is 5.75 Å². The Morgan fingerprint density at radius 3 is 2.57 bits per heavy atom. The lowest BCUT2D eigenvalue weighted by Crippen LogP contribution is -2.56. The maximum atomic E-state index is 13.4. The van der Waals surface area contributed by atoms with Gasteiger partial charge in [0.1, 0.15) is 10.5 Å². The summed E-state index contributed by atoms with van der Waals surface area (Å²) in [5.74, 6) is -0.224. The van der Waals surface area contributed by atoms with Crippen molar-refractivity contribution < 1.29 is 18.5 Å². The van der Waals surface area contributed by atoms with Gasteiger partial charge in [0.2, 0.25) is 0 Å². The van der Waals surface area contributed by atoms with Gasteiger partial charge in [0.15, 0.2) is 11.6 Å². The van der Waals surface area contributed by atoms with Crippen LogP contribution in [0.1, 0.15) is 6.42 Å². The van der Waals surface area contributed by atoms with Gasteiger partial charge >= 0.3 is 0 Å². The molecule has 0 aliphatic heterocycles. The molecule has 3 aliphatic rings. The number of ketones is 2. The molecule has 1 aromatic rings. The molecule has 1 fully saturated rings. The van der Waals surface area contributed by atoms with Gasteiger partial charge in [0.25, 0.3) is 0 Å². The van der Waals surface area contributed by atoms with Crippen molar-refractivity contribution in [2.45, 2.75) is 16.1 Å². The zero-order chi connectivity index (χ0) is 16.2. The molecule has 2 bridgehead atoms. The number of allylic oxidation sites excluding steroid dienone is 4. The summed E-state index contributed by atoms with van der Waals surface area (Å²) in [4.78, 5) is 25.8. The summed E-state index contributed by atoms with van der Waals surface area (Å²) in [5.41, 5.74) is 0. The lowest BCUT2D eigenvalue weighted by atomic mass is 9.74. The van der Waals surface area contributed by atoms with Gasteiger partial charge in [-0.05, 0) is 48.8 Å². The Morgan fingerprint density at radius 2 is 1.87 bits per heavy atom. The second-order valence-electron chi connectivity index (χ2n) is 6.21. The SMILES string of the molecule is COc1ccc(S(=O)[C@]23C(=O)C=CC(=O)[C@H]2[C@H]2C=C[C@@H]3C2)cc1. The van der Waals surface area contributed by atoms with Gasteiger partial charge in [0.05, 0.1) is 23.8 Å². The highest BCUT2D eigenvalue weighted by molar-refractivity contribution is 7.87. The molecule has 5 atom stereocenters. The average Bonchev–Trinajstić information content (AvgIpc) is 3.18. The molecule has 0 aromatic heterocycles. The first-order chi connectivity index (χ1) is 11.1. The third-order valence-electron chi connectivity index (χ3n) is 5.23. The maximum absolute atomic E-state index is 13.4. The summed E-state index contributed by atoms with van der Waals surface area (Å²) >= 11 is 0. The molecule has 0 radical (unpaired) electrons. The Bertz CT molecular complexity index is 777. The van der Waals surface area contributed by atoms with Crippen molar-refractivity contribution in [3.8, 4) is 5.75 Å². The predicted octanol–water partition coefficient (Wildman–Crippen LogP) is 2.07. The first-order valence-corrected chi connectivity index (χ1v) is 8.74. The minimum absolute atomic E-state index is 0.0172. The van der Waals surface area contributed by atoms with Crippen LogP contribution in [0.15, 0.2) is 53.5 Å². The zero-order valence-electron chi connectivity index (χ0n) is 12.6. The Hall–Kier alpha value is -2.01. The number of carbonyl (C=O) groups is 2. The summed E-state index contributed by atoms with van der Waals surface area (Å²) in [5, 5.41) is 0. The van der Waals surface area contributed by atoms with Crippen molar-refractivity contribution in [2.75, 3.05) is 7.11 Å². The van der Waals surface area contributed by atoms with E-state index in [4.69, 9.17) is 4.74 Å². The van der Waals surface area contributed by atoms with Gasteiger partial charge in [0, 0.05) is 10.8 Å². The van der Waals surface area contributed by atoms with E-state index in [1.54, 1.807) is 31.4 Å². The van der Waals surface area contributed by atoms with E-state index >= 15 is 0 Å². The Balaban J connectivity index is 1.84. The normalized spacial score (nSPS) is 35.4. The summed E-state index contributed by atoms with van der Waals surface area (Å²) in [6, 6.07) is 6.89. The Morgan fingerprint density at radius 1 is 1.13 bits per heavy atom. The molecule has 1 saturated carbocycles. The second kappa shape index (κ2) is 4.99. The molecule has 3 aliphatic carbocycles. The van der Waals surface area contributed by atoms with Crippen LogP contribution in [-0.2, 0) is 20.4 Å². The summed E-state index contributed by atoms with van der Waals surface area (Å²) in [6.45, 7) is 0. The maximum Gasteiger partial charge on any atom is 0.176 e. The first-order valence-electron chi connectivity index (χ1n) is 7.59. The molecule has 1 aromatic carbocycles. The van der Waals surface area contributed by atoms with Crippen molar-refractivity contribution in [1.82, 2.24) is 0 Å². The number of hydrogen-bond donors (Lipinski definition) is 0. The van der Waals surface area contributed by atoms with Crippen LogP contribution >= 0.6 is 0 Å². The van der Waals surface area contributed by atoms with E-state index in [-0.39, 0.29) is 23.4 Å². The summed E-state index contributed by atoms with van der Waals surface area (Å²) in [7, 11) is -0.0201. The fraction of sp³-hybridized carbons (Fsp3) is 0.333. The van der Waals surface area contributed by atoms with Gasteiger partial charge in [-0.2, -0.15) is 0 Å². The first kappa shape index (κ1) is 14.6. The zero-order valence-corrected chi connectivity index (χ0v) is 13.4. The summed E-state index contributed by atoms with van der Waals surface area (Å²) < 4.78 is 17.4. The van der Waals surface area contributed by atoms with Gasteiger partial charge < -0.3 is 4.74 Å². The van der Waals surface area contributed by atoms with Crippen LogP contribution in [-0.4, -0.2) is 27.6 Å². The highest BCUT2D eigenvalue weighted by Gasteiger charge is 2.66. The number of methoxy groups -OCH3 is 1. The lowest BCUT2D eigenvalue weighted by molar-refractivity contribution is -0.127. The van der Waals surface area contributed by atoms with E-state index in [0.29, 0.717) is 10.6 Å². The van der Waals surface area contributed by atoms with E-state index in [9.17, 15) is 13.8 Å². The standard InChI is InChI=1S/C18H16O4S/c1-22-13-4-6-14(7-5-13)23(21)18-12-3-2-11(10-12)17(18)15(19)8-9-16(18)20/h2-9,11-12,17H,10H2,1H3/t11-,12+,17+,18+,23?/m0/s1. The molecule has 0 amide bonds. The molecule has 4 nitrogen and oxygen atoms in total. The van der Waals surface area contributed by atoms with Gasteiger partial charge in [-0.25, -0.2) is 0 Å². The van der Waals surface area contributed by atoms with Gasteiger partial charge in [-0.15, -0.1) is 0 Å². The molecule has 0 saturated heterocycles. The molecule has 0 heterocycles. The summed E-state index contributed by atoms with van der Waals surface area (Å²) in [6.07, 6.45) is 7.36. The van der Waals surface area contributed by atoms with E-state index in [1.807, 2.05) is 12.2 Å². The molecular formula is C18H16O4S.